The fourth-order valence-electron chi connectivity index (χ4n) is 7.56. The van der Waals surface area contributed by atoms with Gasteiger partial charge in [0.2, 0.25) is 0 Å². The van der Waals surface area contributed by atoms with Crippen LogP contribution < -0.4 is 0 Å². The van der Waals surface area contributed by atoms with Gasteiger partial charge in [-0.15, -0.1) is 0 Å². The average molecular weight is 1070 g/mol. The molecule has 0 aliphatic carbocycles. The normalized spacial score (nSPS) is 19.1. The van der Waals surface area contributed by atoms with Gasteiger partial charge in [0.1, 0.15) is 18.8 Å². The molecule has 0 aromatic heterocycles. The third-order valence-corrected chi connectivity index (χ3v) is 11.9. The lowest BCUT2D eigenvalue weighted by molar-refractivity contribution is -0.301. The molecule has 1 fully saturated rings. The van der Waals surface area contributed by atoms with Crippen molar-refractivity contribution in [2.45, 2.75) is 225 Å². The predicted molar refractivity (Wildman–Crippen MR) is 312 cm³/mol. The Hall–Kier alpha value is -5.40. The maximum Gasteiger partial charge on any atom is 0.335 e. The number of hydrogen-bond donors (Lipinski definition) is 3. The smallest absolute Gasteiger partial charge is 0.335 e. The Bertz CT molecular complexity index is 1890. The summed E-state index contributed by atoms with van der Waals surface area (Å²) in [5.41, 5.74) is 0. The molecule has 6 atom stereocenters. The Morgan fingerprint density at radius 1 is 0.455 bits per heavy atom. The van der Waals surface area contributed by atoms with E-state index in [0.717, 1.165) is 128 Å². The van der Waals surface area contributed by atoms with Crippen LogP contribution in [0.1, 0.15) is 188 Å². The molecule has 1 saturated heterocycles. The molecule has 77 heavy (non-hydrogen) atoms. The summed E-state index contributed by atoms with van der Waals surface area (Å²) < 4.78 is 28.2. The Labute approximate surface area is 463 Å². The van der Waals surface area contributed by atoms with E-state index in [1.54, 1.807) is 6.08 Å². The van der Waals surface area contributed by atoms with Crippen molar-refractivity contribution in [1.82, 2.24) is 0 Å². The molecule has 0 radical (unpaired) electrons. The molecule has 0 amide bonds. The van der Waals surface area contributed by atoms with Crippen molar-refractivity contribution in [1.29, 1.82) is 0 Å². The molecule has 0 spiro atoms. The van der Waals surface area contributed by atoms with E-state index >= 15 is 0 Å². The summed E-state index contributed by atoms with van der Waals surface area (Å²) in [4.78, 5) is 51.0. The highest BCUT2D eigenvalue weighted by molar-refractivity contribution is 5.74. The number of carbonyl (C=O) groups excluding carboxylic acids is 3. The zero-order chi connectivity index (χ0) is 56.1. The molecule has 12 nitrogen and oxygen atoms in total. The van der Waals surface area contributed by atoms with Crippen molar-refractivity contribution in [3.63, 3.8) is 0 Å². The van der Waals surface area contributed by atoms with E-state index in [0.29, 0.717) is 19.3 Å². The first-order valence-electron chi connectivity index (χ1n) is 28.8. The number of unbranched alkanes of at least 4 members (excludes halogenated alkanes) is 9. The summed E-state index contributed by atoms with van der Waals surface area (Å²) >= 11 is 0. The highest BCUT2D eigenvalue weighted by atomic mass is 16.7. The van der Waals surface area contributed by atoms with Crippen LogP contribution in [0.15, 0.2) is 146 Å². The molecule has 1 aliphatic rings. The second-order valence-corrected chi connectivity index (χ2v) is 18.8. The van der Waals surface area contributed by atoms with Gasteiger partial charge in [0.15, 0.2) is 24.6 Å². The number of hydrogen-bond acceptors (Lipinski definition) is 11. The van der Waals surface area contributed by atoms with E-state index < -0.39 is 67.3 Å². The van der Waals surface area contributed by atoms with Gasteiger partial charge >= 0.3 is 23.9 Å². The quantitative estimate of drug-likeness (QED) is 0.0228. The Morgan fingerprint density at radius 3 is 1.32 bits per heavy atom. The van der Waals surface area contributed by atoms with E-state index in [-0.39, 0.29) is 25.9 Å². The molecule has 6 unspecified atom stereocenters. The van der Waals surface area contributed by atoms with E-state index in [2.05, 4.69) is 142 Å². The Kier molecular flexibility index (Phi) is 46.4. The number of rotatable bonds is 46. The van der Waals surface area contributed by atoms with Crippen molar-refractivity contribution in [2.24, 2.45) is 0 Å². The van der Waals surface area contributed by atoms with E-state index in [1.165, 1.54) is 0 Å². The summed E-state index contributed by atoms with van der Waals surface area (Å²) in [6, 6.07) is 0. The monoisotopic (exact) mass is 1070 g/mol. The first-order chi connectivity index (χ1) is 37.6. The van der Waals surface area contributed by atoms with Crippen LogP contribution in [-0.2, 0) is 42.9 Å². The van der Waals surface area contributed by atoms with Gasteiger partial charge < -0.3 is 39.0 Å². The molecule has 0 aromatic rings. The van der Waals surface area contributed by atoms with Gasteiger partial charge in [-0.05, 0) is 116 Å². The van der Waals surface area contributed by atoms with Crippen LogP contribution in [0.3, 0.4) is 0 Å². The third-order valence-electron chi connectivity index (χ3n) is 11.9. The highest BCUT2D eigenvalue weighted by Crippen LogP contribution is 2.26. The van der Waals surface area contributed by atoms with E-state index in [1.807, 2.05) is 18.2 Å². The van der Waals surface area contributed by atoms with Gasteiger partial charge in [-0.25, -0.2) is 4.79 Å². The van der Waals surface area contributed by atoms with Crippen LogP contribution in [0, 0.1) is 0 Å². The van der Waals surface area contributed by atoms with Crippen molar-refractivity contribution in [3.05, 3.63) is 146 Å². The number of carbonyl (C=O) groups is 4. The molecule has 0 aromatic carbocycles. The van der Waals surface area contributed by atoms with Gasteiger partial charge in [0.25, 0.3) is 0 Å². The summed E-state index contributed by atoms with van der Waals surface area (Å²) in [6.07, 6.45) is 61.3. The van der Waals surface area contributed by atoms with Gasteiger partial charge in [-0.1, -0.05) is 199 Å². The predicted octanol–water partition coefficient (Wildman–Crippen LogP) is 14.8. The summed E-state index contributed by atoms with van der Waals surface area (Å²) in [5, 5.41) is 31.4. The van der Waals surface area contributed by atoms with Crippen LogP contribution in [0.5, 0.6) is 0 Å². The zero-order valence-corrected chi connectivity index (χ0v) is 47.1. The summed E-state index contributed by atoms with van der Waals surface area (Å²) in [7, 11) is 0. The van der Waals surface area contributed by atoms with Crippen LogP contribution >= 0.6 is 0 Å². The van der Waals surface area contributed by atoms with Crippen molar-refractivity contribution in [3.8, 4) is 0 Å². The molecule has 1 heterocycles. The average Bonchev–Trinajstić information content (AvgIpc) is 3.42. The Balaban J connectivity index is 2.79. The van der Waals surface area contributed by atoms with Crippen LogP contribution in [0.2, 0.25) is 0 Å². The molecule has 430 valence electrons. The second-order valence-electron chi connectivity index (χ2n) is 18.8. The second kappa shape index (κ2) is 51.4. The van der Waals surface area contributed by atoms with Crippen LogP contribution in [-0.4, -0.2) is 89.2 Å². The largest absolute Gasteiger partial charge is 0.479 e. The first-order valence-corrected chi connectivity index (χ1v) is 28.8. The highest BCUT2D eigenvalue weighted by Gasteiger charge is 2.50. The van der Waals surface area contributed by atoms with Crippen molar-refractivity contribution < 1.29 is 58.2 Å². The molecule has 0 bridgehead atoms. The van der Waals surface area contributed by atoms with Gasteiger partial charge in [0, 0.05) is 12.8 Å². The summed E-state index contributed by atoms with van der Waals surface area (Å²) in [6.45, 7) is 5.55. The maximum atomic E-state index is 13.1. The lowest BCUT2D eigenvalue weighted by Gasteiger charge is -2.40. The van der Waals surface area contributed by atoms with Crippen molar-refractivity contribution in [2.75, 3.05) is 13.2 Å². The lowest BCUT2D eigenvalue weighted by Crippen LogP contribution is -2.61. The number of ether oxygens (including phenoxy) is 5. The zero-order valence-electron chi connectivity index (χ0n) is 47.1. The summed E-state index contributed by atoms with van der Waals surface area (Å²) in [5.74, 6) is -3.38. The molecular formula is C65H98O12. The number of aliphatic carboxylic acids is 1. The third kappa shape index (κ3) is 41.4. The van der Waals surface area contributed by atoms with Gasteiger partial charge in [0.05, 0.1) is 13.0 Å². The standard InChI is InChI=1S/C65H98O12/c1-4-7-10-13-16-19-22-25-27-28-29-30-32-34-36-39-42-45-48-51-57(66)73-54-56(75-58(67)52-49-46-43-40-38-35-31-26-23-20-17-14-11-8-5-2)55-74-65-63(61(70)60(69)62(77-65)64(71)72)76-59(68)53-50-47-44-41-37-33-24-21-18-15-12-9-6-3/h7-8,10-12,15-17,19-21,24-27,29-31,34,36,38,40,46,49,56,60-63,65,69-70H,4-6,9,13-14,18,22-23,28,32-33,35,37,39,41-45,47-48,50-55H2,1-3H3,(H,71,72)/b10-7-,11-8-,15-12-,19-16-,20-17-,24-21-,27-25-,30-29-,31-26-,36-34-,40-38-,49-46-. The molecule has 3 N–H and O–H groups in total. The van der Waals surface area contributed by atoms with E-state index in [9.17, 15) is 34.5 Å². The minimum atomic E-state index is -1.93. The molecule has 1 aliphatic heterocycles. The number of carboxylic acids is 1. The van der Waals surface area contributed by atoms with Crippen LogP contribution in [0.25, 0.3) is 0 Å². The number of allylic oxidation sites excluding steroid dienone is 23. The van der Waals surface area contributed by atoms with E-state index in [4.69, 9.17) is 23.7 Å². The lowest BCUT2D eigenvalue weighted by atomic mass is 9.98. The first kappa shape index (κ1) is 69.6. The number of aliphatic hydroxyl groups excluding tert-OH is 2. The maximum absolute atomic E-state index is 13.1. The number of carboxylic acid groups (broad SMARTS) is 1. The molecular weight excluding hydrogens is 973 g/mol. The van der Waals surface area contributed by atoms with Crippen LogP contribution in [0.4, 0.5) is 0 Å². The van der Waals surface area contributed by atoms with Crippen molar-refractivity contribution >= 4 is 23.9 Å². The number of aliphatic hydroxyl groups is 2. The molecule has 0 saturated carbocycles. The minimum absolute atomic E-state index is 0.0216. The fourth-order valence-corrected chi connectivity index (χ4v) is 7.56. The fraction of sp³-hybridized carbons (Fsp3) is 0.569. The van der Waals surface area contributed by atoms with Gasteiger partial charge in [-0.3, -0.25) is 14.4 Å². The SMILES string of the molecule is CC/C=C\C/C=C\C/C=C\C/C=C\C/C=C\CCCCCC(=O)OCC(COC1OC(C(=O)O)C(O)C(O)C1OC(=O)CCCCCCC/C=C\C/C=C\CCC)OC(=O)C/C=C\C/C=C\C/C=C\C/C=C\C/C=C\CC. The Morgan fingerprint density at radius 2 is 0.857 bits per heavy atom. The topological polar surface area (TPSA) is 175 Å². The minimum Gasteiger partial charge on any atom is -0.479 e. The van der Waals surface area contributed by atoms with Gasteiger partial charge in [-0.2, -0.15) is 0 Å². The molecule has 12 heteroatoms. The molecule has 1 rings (SSSR count). The number of esters is 3.